The van der Waals surface area contributed by atoms with Gasteiger partial charge in [-0.05, 0) is 48.2 Å². The molecule has 0 saturated carbocycles. The first-order chi connectivity index (χ1) is 32.0. The summed E-state index contributed by atoms with van der Waals surface area (Å²) in [4.78, 5) is 68.0. The SMILES string of the molecule is COCCOc1nc(-c2ncccn2)nc(N(C(C)OC(=O)OCCOCCO[N+](=O)[O-])S(=O)(=O)c2ccc(C(C)(C)C)cc2)c1Oc1ccccc1OC.O=COCCOCCO[N+](=O)[O-]. The maximum absolute atomic E-state index is 14.9. The maximum Gasteiger partial charge on any atom is 0.510 e. The van der Waals surface area contributed by atoms with Crippen molar-refractivity contribution < 1.29 is 80.5 Å². The second-order valence-corrected chi connectivity index (χ2v) is 15.7. The number of sulfonamides is 1. The van der Waals surface area contributed by atoms with E-state index < -0.39 is 38.4 Å². The van der Waals surface area contributed by atoms with E-state index in [1.165, 1.54) is 45.7 Å². The van der Waals surface area contributed by atoms with Crippen molar-refractivity contribution in [3.63, 3.8) is 0 Å². The topological polar surface area (TPSA) is 311 Å². The van der Waals surface area contributed by atoms with Gasteiger partial charge in [0.1, 0.15) is 33.0 Å². The Morgan fingerprint density at radius 1 is 0.776 bits per heavy atom. The van der Waals surface area contributed by atoms with E-state index in [9.17, 15) is 38.2 Å². The molecular weight excluding hydrogens is 915 g/mol. The van der Waals surface area contributed by atoms with Crippen molar-refractivity contribution in [3.05, 3.63) is 92.8 Å². The van der Waals surface area contributed by atoms with Crippen LogP contribution in [0.3, 0.4) is 0 Å². The van der Waals surface area contributed by atoms with Crippen molar-refractivity contribution in [2.24, 2.45) is 0 Å². The third kappa shape index (κ3) is 18.3. The van der Waals surface area contributed by atoms with Gasteiger partial charge >= 0.3 is 6.16 Å². The van der Waals surface area contributed by atoms with Gasteiger partial charge in [0.05, 0.1) is 45.0 Å². The van der Waals surface area contributed by atoms with Gasteiger partial charge in [0.25, 0.3) is 32.5 Å². The van der Waals surface area contributed by atoms with Crippen LogP contribution < -0.4 is 18.5 Å². The fraction of sp³-hybridized carbons (Fsp3) is 0.450. The quantitative estimate of drug-likeness (QED) is 0.0191. The number of ether oxygens (including phenoxy) is 9. The van der Waals surface area contributed by atoms with Crippen LogP contribution in [0, 0.1) is 20.2 Å². The Balaban J connectivity index is 0.000000868. The van der Waals surface area contributed by atoms with Gasteiger partial charge in [-0.15, -0.1) is 20.2 Å². The largest absolute Gasteiger partial charge is 0.510 e. The summed E-state index contributed by atoms with van der Waals surface area (Å²) in [6.07, 6.45) is -0.0458. The minimum absolute atomic E-state index is 0.00709. The number of hydrogen-bond donors (Lipinski definition) is 0. The second-order valence-electron chi connectivity index (χ2n) is 13.9. The molecule has 26 nitrogen and oxygen atoms in total. The zero-order chi connectivity index (χ0) is 49.2. The molecule has 0 aliphatic rings. The van der Waals surface area contributed by atoms with E-state index in [4.69, 9.17) is 37.9 Å². The Morgan fingerprint density at radius 3 is 1.94 bits per heavy atom. The average Bonchev–Trinajstić information content (AvgIpc) is 3.29. The Labute approximate surface area is 384 Å². The Hall–Kier alpha value is -7.23. The summed E-state index contributed by atoms with van der Waals surface area (Å²) in [7, 11) is -1.79. The van der Waals surface area contributed by atoms with Gasteiger partial charge in [0.2, 0.25) is 11.6 Å². The highest BCUT2D eigenvalue weighted by molar-refractivity contribution is 7.92. The molecule has 1 atom stereocenters. The van der Waals surface area contributed by atoms with E-state index >= 15 is 0 Å². The lowest BCUT2D eigenvalue weighted by atomic mass is 9.87. The lowest BCUT2D eigenvalue weighted by molar-refractivity contribution is -0.758. The Morgan fingerprint density at radius 2 is 1.37 bits per heavy atom. The molecule has 2 aromatic heterocycles. The first-order valence-electron chi connectivity index (χ1n) is 19.9. The van der Waals surface area contributed by atoms with Gasteiger partial charge in [0, 0.05) is 19.5 Å². The number of para-hydroxylation sites is 2. The van der Waals surface area contributed by atoms with Crippen LogP contribution in [0.5, 0.6) is 23.1 Å². The molecule has 0 spiro atoms. The van der Waals surface area contributed by atoms with Crippen molar-refractivity contribution in [1.29, 1.82) is 0 Å². The zero-order valence-electron chi connectivity index (χ0n) is 37.4. The molecule has 4 aromatic rings. The van der Waals surface area contributed by atoms with Crippen molar-refractivity contribution in [3.8, 4) is 34.8 Å². The number of hydrogen-bond acceptors (Lipinski definition) is 23. The average molecular weight is 966 g/mol. The molecule has 0 aliphatic carbocycles. The molecular formula is C40H51N7O19S. The minimum Gasteiger partial charge on any atom is -0.493 e. The number of aromatic nitrogens is 4. The predicted molar refractivity (Wildman–Crippen MR) is 230 cm³/mol. The van der Waals surface area contributed by atoms with Crippen LogP contribution >= 0.6 is 0 Å². The van der Waals surface area contributed by atoms with Gasteiger partial charge in [0.15, 0.2) is 29.4 Å². The lowest BCUT2D eigenvalue weighted by Gasteiger charge is -2.30. The molecule has 0 aliphatic heterocycles. The summed E-state index contributed by atoms with van der Waals surface area (Å²) < 4.78 is 78.3. The summed E-state index contributed by atoms with van der Waals surface area (Å²) in [5, 5.41) is 18.0. The molecule has 0 radical (unpaired) electrons. The monoisotopic (exact) mass is 965 g/mol. The fourth-order valence-corrected chi connectivity index (χ4v) is 6.62. The first kappa shape index (κ1) is 54.1. The van der Waals surface area contributed by atoms with E-state index in [1.807, 2.05) is 20.8 Å². The van der Waals surface area contributed by atoms with Crippen LogP contribution in [0.2, 0.25) is 0 Å². The summed E-state index contributed by atoms with van der Waals surface area (Å²) in [5.41, 5.74) is 0.560. The highest BCUT2D eigenvalue weighted by Crippen LogP contribution is 2.44. The number of carbonyl (C=O) groups is 2. The number of anilines is 1. The standard InChI is InChI=1S/C35H42N6O13S.C5H9NO6/c1-24(53-34(42)51-22-19-49-20-23-52-41(43)44)40(55(45,46)26-14-12-25(13-15-26)35(2,3)4)32-29(54-28-11-8-7-10-27(28)48-6)33(50-21-18-47-5)39-31(38-32)30-36-16-9-17-37-30;7-5-11-2-1-10-3-4-12-6(8)9/h7-17,24H,18-23H2,1-6H3;5H,1-4H2. The number of benzene rings is 2. The molecule has 366 valence electrons. The van der Waals surface area contributed by atoms with E-state index in [1.54, 1.807) is 42.5 Å². The molecule has 0 amide bonds. The molecule has 0 N–H and O–H groups in total. The van der Waals surface area contributed by atoms with E-state index in [-0.39, 0.29) is 111 Å². The molecule has 0 bridgehead atoms. The molecule has 4 rings (SSSR count). The van der Waals surface area contributed by atoms with Gasteiger partial charge < -0.3 is 52.3 Å². The van der Waals surface area contributed by atoms with Crippen LogP contribution in [-0.2, 0) is 58.3 Å². The van der Waals surface area contributed by atoms with Crippen molar-refractivity contribution in [1.82, 2.24) is 19.9 Å². The highest BCUT2D eigenvalue weighted by atomic mass is 32.2. The predicted octanol–water partition coefficient (Wildman–Crippen LogP) is 4.36. The molecule has 27 heteroatoms. The van der Waals surface area contributed by atoms with Crippen LogP contribution in [-0.4, -0.2) is 138 Å². The van der Waals surface area contributed by atoms with Gasteiger partial charge in [-0.2, -0.15) is 4.98 Å². The van der Waals surface area contributed by atoms with Crippen molar-refractivity contribution >= 4 is 28.5 Å². The summed E-state index contributed by atoms with van der Waals surface area (Å²) >= 11 is 0. The first-order valence-corrected chi connectivity index (χ1v) is 21.3. The maximum atomic E-state index is 14.9. The van der Waals surface area contributed by atoms with Crippen LogP contribution in [0.25, 0.3) is 11.6 Å². The van der Waals surface area contributed by atoms with Crippen molar-refractivity contribution in [2.45, 2.75) is 44.2 Å². The number of rotatable bonds is 28. The van der Waals surface area contributed by atoms with E-state index in [0.717, 1.165) is 9.87 Å². The van der Waals surface area contributed by atoms with Crippen molar-refractivity contribution in [2.75, 3.05) is 84.6 Å². The number of nitrogens with zero attached hydrogens (tertiary/aromatic N) is 7. The van der Waals surface area contributed by atoms with Gasteiger partial charge in [-0.3, -0.25) is 4.79 Å². The fourth-order valence-electron chi connectivity index (χ4n) is 5.13. The molecule has 0 saturated heterocycles. The molecule has 2 heterocycles. The molecule has 0 fully saturated rings. The van der Waals surface area contributed by atoms with Gasteiger partial charge in [-0.25, -0.2) is 32.5 Å². The Kier molecular flexibility index (Phi) is 22.6. The Bertz CT molecular complexity index is 2270. The normalized spacial score (nSPS) is 11.4. The van der Waals surface area contributed by atoms with Crippen LogP contribution in [0.15, 0.2) is 71.9 Å². The third-order valence-corrected chi connectivity index (χ3v) is 10.0. The lowest BCUT2D eigenvalue weighted by Crippen LogP contribution is -2.42. The minimum atomic E-state index is -4.69. The van der Waals surface area contributed by atoms with E-state index in [2.05, 4.69) is 34.3 Å². The summed E-state index contributed by atoms with van der Waals surface area (Å²) in [6.45, 7) is 6.94. The summed E-state index contributed by atoms with van der Waals surface area (Å²) in [5.74, 6) is -0.696. The summed E-state index contributed by atoms with van der Waals surface area (Å²) in [6, 6.07) is 14.3. The highest BCUT2D eigenvalue weighted by Gasteiger charge is 2.38. The smallest absolute Gasteiger partial charge is 0.493 e. The third-order valence-electron chi connectivity index (χ3n) is 8.18. The van der Waals surface area contributed by atoms with Gasteiger partial charge in [-0.1, -0.05) is 45.0 Å². The molecule has 67 heavy (non-hydrogen) atoms. The molecule has 2 aromatic carbocycles. The number of methoxy groups -OCH3 is 2. The van der Waals surface area contributed by atoms with E-state index in [0.29, 0.717) is 6.47 Å². The number of carbonyl (C=O) groups excluding carboxylic acids is 2. The zero-order valence-corrected chi connectivity index (χ0v) is 38.2. The molecule has 1 unspecified atom stereocenters. The van der Waals surface area contributed by atoms with Crippen LogP contribution in [0.4, 0.5) is 10.6 Å². The van der Waals surface area contributed by atoms with Crippen LogP contribution in [0.1, 0.15) is 33.3 Å². The second kappa shape index (κ2) is 28.0.